The van der Waals surface area contributed by atoms with Crippen LogP contribution in [0.25, 0.3) is 0 Å². The predicted molar refractivity (Wildman–Crippen MR) is 73.7 cm³/mol. The lowest BCUT2D eigenvalue weighted by Crippen LogP contribution is -2.27. The number of anilines is 1. The summed E-state index contributed by atoms with van der Waals surface area (Å²) in [7, 11) is 0. The standard InChI is InChI=1S/C13H26N4O/c1-6-8-14-11(5)12-15-16-13(18-12)17(7-2)9-10(3)4/h10-11,14H,6-9H2,1-5H3. The second-order valence-corrected chi connectivity index (χ2v) is 5.03. The second kappa shape index (κ2) is 7.36. The zero-order valence-electron chi connectivity index (χ0n) is 12.2. The molecule has 0 aromatic carbocycles. The number of nitrogens with zero attached hydrogens (tertiary/aromatic N) is 3. The predicted octanol–water partition coefficient (Wildman–Crippen LogP) is 2.61. The van der Waals surface area contributed by atoms with Crippen LogP contribution in [0, 0.1) is 5.92 Å². The fraction of sp³-hybridized carbons (Fsp3) is 0.846. The maximum Gasteiger partial charge on any atom is 0.318 e. The Bertz CT molecular complexity index is 337. The Kier molecular flexibility index (Phi) is 6.12. The van der Waals surface area contributed by atoms with Crippen LogP contribution in [0.3, 0.4) is 0 Å². The summed E-state index contributed by atoms with van der Waals surface area (Å²) < 4.78 is 5.74. The Labute approximate surface area is 110 Å². The number of nitrogens with one attached hydrogen (secondary N) is 1. The fourth-order valence-electron chi connectivity index (χ4n) is 1.76. The van der Waals surface area contributed by atoms with E-state index in [2.05, 4.69) is 48.1 Å². The quantitative estimate of drug-likeness (QED) is 0.773. The molecule has 0 spiro atoms. The van der Waals surface area contributed by atoms with Crippen molar-refractivity contribution in [2.75, 3.05) is 24.5 Å². The van der Waals surface area contributed by atoms with E-state index in [1.807, 2.05) is 6.92 Å². The summed E-state index contributed by atoms with van der Waals surface area (Å²) in [5.41, 5.74) is 0. The molecule has 18 heavy (non-hydrogen) atoms. The van der Waals surface area contributed by atoms with Gasteiger partial charge in [0.05, 0.1) is 6.04 Å². The molecule has 1 heterocycles. The first-order valence-electron chi connectivity index (χ1n) is 6.90. The largest absolute Gasteiger partial charge is 0.406 e. The minimum absolute atomic E-state index is 0.115. The topological polar surface area (TPSA) is 54.2 Å². The Balaban J connectivity index is 2.65. The van der Waals surface area contributed by atoms with Crippen LogP contribution in [0.2, 0.25) is 0 Å². The molecule has 0 aliphatic rings. The highest BCUT2D eigenvalue weighted by Crippen LogP contribution is 2.18. The summed E-state index contributed by atoms with van der Waals surface area (Å²) in [6.07, 6.45) is 1.10. The van der Waals surface area contributed by atoms with Crippen LogP contribution in [-0.2, 0) is 0 Å². The van der Waals surface area contributed by atoms with Gasteiger partial charge in [0.1, 0.15) is 0 Å². The van der Waals surface area contributed by atoms with Gasteiger partial charge >= 0.3 is 6.01 Å². The van der Waals surface area contributed by atoms with E-state index < -0.39 is 0 Å². The van der Waals surface area contributed by atoms with Crippen molar-refractivity contribution in [3.8, 4) is 0 Å². The first kappa shape index (κ1) is 15.0. The highest BCUT2D eigenvalue weighted by Gasteiger charge is 2.17. The molecule has 0 bridgehead atoms. The molecule has 5 nitrogen and oxygen atoms in total. The summed E-state index contributed by atoms with van der Waals surface area (Å²) in [5, 5.41) is 11.6. The molecule has 0 saturated carbocycles. The second-order valence-electron chi connectivity index (χ2n) is 5.03. The van der Waals surface area contributed by atoms with E-state index in [9.17, 15) is 0 Å². The number of aromatic nitrogens is 2. The van der Waals surface area contributed by atoms with Crippen LogP contribution in [0.1, 0.15) is 53.0 Å². The zero-order valence-corrected chi connectivity index (χ0v) is 12.2. The zero-order chi connectivity index (χ0) is 13.5. The summed E-state index contributed by atoms with van der Waals surface area (Å²) in [4.78, 5) is 2.12. The molecule has 5 heteroatoms. The third kappa shape index (κ3) is 4.29. The van der Waals surface area contributed by atoms with Gasteiger partial charge in [-0.1, -0.05) is 25.9 Å². The van der Waals surface area contributed by atoms with E-state index >= 15 is 0 Å². The first-order valence-corrected chi connectivity index (χ1v) is 6.90. The van der Waals surface area contributed by atoms with Crippen molar-refractivity contribution in [3.63, 3.8) is 0 Å². The Hall–Kier alpha value is -1.10. The van der Waals surface area contributed by atoms with Gasteiger partial charge in [0, 0.05) is 13.1 Å². The van der Waals surface area contributed by atoms with Crippen molar-refractivity contribution < 1.29 is 4.42 Å². The maximum atomic E-state index is 5.74. The average molecular weight is 254 g/mol. The minimum atomic E-state index is 0.115. The van der Waals surface area contributed by atoms with Crippen LogP contribution in [0.15, 0.2) is 4.42 Å². The Morgan fingerprint density at radius 1 is 1.22 bits per heavy atom. The molecule has 104 valence electrons. The lowest BCUT2D eigenvalue weighted by Gasteiger charge is -2.20. The van der Waals surface area contributed by atoms with E-state index in [0.29, 0.717) is 17.8 Å². The summed E-state index contributed by atoms with van der Waals surface area (Å²) in [6, 6.07) is 0.746. The van der Waals surface area contributed by atoms with E-state index in [1.165, 1.54) is 0 Å². The highest BCUT2D eigenvalue weighted by atomic mass is 16.4. The minimum Gasteiger partial charge on any atom is -0.406 e. The van der Waals surface area contributed by atoms with Crippen molar-refractivity contribution in [1.29, 1.82) is 0 Å². The van der Waals surface area contributed by atoms with E-state index in [1.54, 1.807) is 0 Å². The van der Waals surface area contributed by atoms with Crippen molar-refractivity contribution in [2.45, 2.75) is 47.1 Å². The maximum absolute atomic E-state index is 5.74. The van der Waals surface area contributed by atoms with Gasteiger partial charge in [0.15, 0.2) is 0 Å². The van der Waals surface area contributed by atoms with E-state index in [0.717, 1.165) is 26.1 Å². The van der Waals surface area contributed by atoms with Crippen LogP contribution in [0.5, 0.6) is 0 Å². The van der Waals surface area contributed by atoms with Crippen LogP contribution in [-0.4, -0.2) is 29.8 Å². The average Bonchev–Trinajstić information content (AvgIpc) is 2.82. The molecule has 0 saturated heterocycles. The van der Waals surface area contributed by atoms with Crippen molar-refractivity contribution >= 4 is 6.01 Å². The van der Waals surface area contributed by atoms with Crippen LogP contribution < -0.4 is 10.2 Å². The smallest absolute Gasteiger partial charge is 0.318 e. The molecule has 1 unspecified atom stereocenters. The third-order valence-electron chi connectivity index (χ3n) is 2.74. The van der Waals surface area contributed by atoms with Gasteiger partial charge in [0.25, 0.3) is 0 Å². The number of hydrogen-bond acceptors (Lipinski definition) is 5. The number of rotatable bonds is 8. The molecule has 0 radical (unpaired) electrons. The van der Waals surface area contributed by atoms with Gasteiger partial charge < -0.3 is 14.6 Å². The summed E-state index contributed by atoms with van der Waals surface area (Å²) in [6.45, 7) is 13.4. The third-order valence-corrected chi connectivity index (χ3v) is 2.74. The summed E-state index contributed by atoms with van der Waals surface area (Å²) >= 11 is 0. The molecule has 0 aliphatic carbocycles. The van der Waals surface area contributed by atoms with E-state index in [4.69, 9.17) is 4.42 Å². The molecule has 0 amide bonds. The first-order chi connectivity index (χ1) is 8.58. The van der Waals surface area contributed by atoms with Gasteiger partial charge in [0.2, 0.25) is 5.89 Å². The lowest BCUT2D eigenvalue weighted by molar-refractivity contribution is 0.411. The molecule has 1 rings (SSSR count). The molecule has 1 aromatic heterocycles. The van der Waals surface area contributed by atoms with Gasteiger partial charge in [-0.25, -0.2) is 0 Å². The SMILES string of the molecule is CCCNC(C)c1nnc(N(CC)CC(C)C)o1. The lowest BCUT2D eigenvalue weighted by atomic mass is 10.2. The van der Waals surface area contributed by atoms with Crippen LogP contribution >= 0.6 is 0 Å². The molecule has 1 atom stereocenters. The fourth-order valence-corrected chi connectivity index (χ4v) is 1.76. The highest BCUT2D eigenvalue weighted by molar-refractivity contribution is 5.23. The molecule has 0 fully saturated rings. The molecular weight excluding hydrogens is 228 g/mol. The van der Waals surface area contributed by atoms with Gasteiger partial charge in [-0.05, 0) is 32.7 Å². The van der Waals surface area contributed by atoms with Crippen molar-refractivity contribution in [1.82, 2.24) is 15.5 Å². The molecule has 1 aromatic rings. The molecular formula is C13H26N4O. The van der Waals surface area contributed by atoms with E-state index in [-0.39, 0.29) is 6.04 Å². The molecule has 0 aliphatic heterocycles. The summed E-state index contributed by atoms with van der Waals surface area (Å²) in [5.74, 6) is 1.25. The van der Waals surface area contributed by atoms with Gasteiger partial charge in [-0.15, -0.1) is 5.10 Å². The number of hydrogen-bond donors (Lipinski definition) is 1. The normalized spacial score (nSPS) is 13.0. The monoisotopic (exact) mass is 254 g/mol. The van der Waals surface area contributed by atoms with Crippen molar-refractivity contribution in [3.05, 3.63) is 5.89 Å². The van der Waals surface area contributed by atoms with Crippen molar-refractivity contribution in [2.24, 2.45) is 5.92 Å². The van der Waals surface area contributed by atoms with Crippen LogP contribution in [0.4, 0.5) is 6.01 Å². The Morgan fingerprint density at radius 2 is 1.94 bits per heavy atom. The molecule has 1 N–H and O–H groups in total. The van der Waals surface area contributed by atoms with Gasteiger partial charge in [-0.2, -0.15) is 0 Å². The Morgan fingerprint density at radius 3 is 2.50 bits per heavy atom. The van der Waals surface area contributed by atoms with Gasteiger partial charge in [-0.3, -0.25) is 0 Å².